The molecule has 2 fully saturated rings. The third-order valence-electron chi connectivity index (χ3n) is 4.15. The summed E-state index contributed by atoms with van der Waals surface area (Å²) in [6.45, 7) is 2.61. The van der Waals surface area contributed by atoms with Crippen molar-refractivity contribution in [3.05, 3.63) is 11.9 Å². The summed E-state index contributed by atoms with van der Waals surface area (Å²) in [5.74, 6) is 2.27. The van der Waals surface area contributed by atoms with E-state index in [-0.39, 0.29) is 0 Å². The standard InChI is InChI=1S/C14H22N4O2/c1-17-7-10-4-5-11(8-17)18(10)13-6-14(20-3)16-12(15-13)9-19-2/h6,10-11H,4-5,7-9H2,1-3H3. The molecule has 0 aromatic carbocycles. The summed E-state index contributed by atoms with van der Waals surface area (Å²) in [4.78, 5) is 13.8. The van der Waals surface area contributed by atoms with Gasteiger partial charge in [0.2, 0.25) is 5.88 Å². The van der Waals surface area contributed by atoms with Crippen molar-refractivity contribution >= 4 is 5.82 Å². The zero-order valence-corrected chi connectivity index (χ0v) is 12.4. The molecule has 0 aliphatic carbocycles. The highest BCUT2D eigenvalue weighted by molar-refractivity contribution is 5.46. The molecule has 2 bridgehead atoms. The number of fused-ring (bicyclic) bond motifs is 2. The Labute approximate surface area is 119 Å². The van der Waals surface area contributed by atoms with E-state index in [9.17, 15) is 0 Å². The fraction of sp³-hybridized carbons (Fsp3) is 0.714. The van der Waals surface area contributed by atoms with E-state index in [2.05, 4.69) is 26.8 Å². The van der Waals surface area contributed by atoms with Crippen molar-refractivity contribution in [2.75, 3.05) is 39.3 Å². The molecule has 20 heavy (non-hydrogen) atoms. The summed E-state index contributed by atoms with van der Waals surface area (Å²) in [7, 11) is 5.49. The highest BCUT2D eigenvalue weighted by atomic mass is 16.5. The van der Waals surface area contributed by atoms with Gasteiger partial charge >= 0.3 is 0 Å². The van der Waals surface area contributed by atoms with Crippen LogP contribution < -0.4 is 9.64 Å². The largest absolute Gasteiger partial charge is 0.481 e. The van der Waals surface area contributed by atoms with Crippen LogP contribution in [0.2, 0.25) is 0 Å². The summed E-state index contributed by atoms with van der Waals surface area (Å²) < 4.78 is 10.4. The maximum Gasteiger partial charge on any atom is 0.218 e. The molecule has 0 saturated carbocycles. The molecule has 0 N–H and O–H groups in total. The first-order valence-electron chi connectivity index (χ1n) is 7.09. The number of hydrogen-bond acceptors (Lipinski definition) is 6. The Morgan fingerprint density at radius 2 is 1.90 bits per heavy atom. The van der Waals surface area contributed by atoms with E-state index in [0.29, 0.717) is 30.4 Å². The van der Waals surface area contributed by atoms with Gasteiger partial charge in [0.15, 0.2) is 5.82 Å². The molecule has 2 unspecified atom stereocenters. The monoisotopic (exact) mass is 278 g/mol. The second-order valence-corrected chi connectivity index (χ2v) is 5.63. The van der Waals surface area contributed by atoms with Crippen LogP contribution in [0, 0.1) is 0 Å². The molecule has 2 atom stereocenters. The number of likely N-dealkylation sites (N-methyl/N-ethyl adjacent to an activating group) is 1. The first-order valence-corrected chi connectivity index (χ1v) is 7.09. The molecule has 6 nitrogen and oxygen atoms in total. The minimum absolute atomic E-state index is 0.410. The maximum atomic E-state index is 5.30. The number of likely N-dealkylation sites (tertiary alicyclic amines) is 1. The Morgan fingerprint density at radius 1 is 1.20 bits per heavy atom. The molecule has 6 heteroatoms. The Bertz CT molecular complexity index is 468. The summed E-state index contributed by atoms with van der Waals surface area (Å²) in [5.41, 5.74) is 0. The Hall–Kier alpha value is -1.40. The molecule has 2 aliphatic heterocycles. The first-order chi connectivity index (χ1) is 9.71. The Balaban J connectivity index is 1.91. The van der Waals surface area contributed by atoms with Crippen LogP contribution in [0.15, 0.2) is 6.07 Å². The van der Waals surface area contributed by atoms with Gasteiger partial charge in [-0.1, -0.05) is 0 Å². The smallest absolute Gasteiger partial charge is 0.218 e. The first kappa shape index (κ1) is 13.6. The zero-order valence-electron chi connectivity index (χ0n) is 12.4. The molecule has 0 spiro atoms. The third kappa shape index (κ3) is 2.45. The van der Waals surface area contributed by atoms with Crippen LogP contribution in [0.5, 0.6) is 5.88 Å². The summed E-state index contributed by atoms with van der Waals surface area (Å²) in [5, 5.41) is 0. The van der Waals surface area contributed by atoms with Gasteiger partial charge in [-0.25, -0.2) is 4.98 Å². The van der Waals surface area contributed by atoms with Crippen molar-refractivity contribution in [2.24, 2.45) is 0 Å². The van der Waals surface area contributed by atoms with Crippen LogP contribution in [-0.2, 0) is 11.3 Å². The van der Waals surface area contributed by atoms with Gasteiger partial charge in [0.1, 0.15) is 12.4 Å². The maximum absolute atomic E-state index is 5.30. The molecule has 3 rings (SSSR count). The predicted octanol–water partition coefficient (Wildman–Crippen LogP) is 0.914. The van der Waals surface area contributed by atoms with E-state index in [1.807, 2.05) is 6.07 Å². The summed E-state index contributed by atoms with van der Waals surface area (Å²) in [6.07, 6.45) is 2.47. The fourth-order valence-corrected chi connectivity index (χ4v) is 3.38. The van der Waals surface area contributed by atoms with Crippen LogP contribution in [-0.4, -0.2) is 61.3 Å². The molecule has 110 valence electrons. The van der Waals surface area contributed by atoms with E-state index < -0.39 is 0 Å². The van der Waals surface area contributed by atoms with Gasteiger partial charge < -0.3 is 19.3 Å². The topological polar surface area (TPSA) is 50.7 Å². The lowest BCUT2D eigenvalue weighted by molar-refractivity contribution is 0.176. The van der Waals surface area contributed by atoms with Crippen molar-refractivity contribution in [1.29, 1.82) is 0 Å². The molecular formula is C14H22N4O2. The number of hydrogen-bond donors (Lipinski definition) is 0. The van der Waals surface area contributed by atoms with E-state index in [1.165, 1.54) is 12.8 Å². The van der Waals surface area contributed by atoms with Gasteiger partial charge in [-0.15, -0.1) is 0 Å². The number of rotatable bonds is 4. The van der Waals surface area contributed by atoms with Crippen molar-refractivity contribution < 1.29 is 9.47 Å². The molecular weight excluding hydrogens is 256 g/mol. The van der Waals surface area contributed by atoms with Crippen molar-refractivity contribution in [2.45, 2.75) is 31.5 Å². The Kier molecular flexibility index (Phi) is 3.76. The molecule has 1 aromatic rings. The molecule has 1 aromatic heterocycles. The van der Waals surface area contributed by atoms with Gasteiger partial charge in [0.05, 0.1) is 7.11 Å². The van der Waals surface area contributed by atoms with E-state index >= 15 is 0 Å². The number of ether oxygens (including phenoxy) is 2. The lowest BCUT2D eigenvalue weighted by Gasteiger charge is -2.40. The van der Waals surface area contributed by atoms with E-state index in [0.717, 1.165) is 18.9 Å². The lowest BCUT2D eigenvalue weighted by atomic mass is 10.2. The van der Waals surface area contributed by atoms with Crippen molar-refractivity contribution in [3.63, 3.8) is 0 Å². The van der Waals surface area contributed by atoms with Crippen LogP contribution in [0.3, 0.4) is 0 Å². The highest BCUT2D eigenvalue weighted by Gasteiger charge is 2.39. The van der Waals surface area contributed by atoms with Crippen LogP contribution in [0.1, 0.15) is 18.7 Å². The van der Waals surface area contributed by atoms with Gasteiger partial charge in [0, 0.05) is 38.3 Å². The normalized spacial score (nSPS) is 26.1. The lowest BCUT2D eigenvalue weighted by Crippen LogP contribution is -2.52. The van der Waals surface area contributed by atoms with Crippen LogP contribution in [0.25, 0.3) is 0 Å². The van der Waals surface area contributed by atoms with E-state index in [1.54, 1.807) is 14.2 Å². The second kappa shape index (κ2) is 5.54. The molecule has 0 amide bonds. The SMILES string of the molecule is COCc1nc(OC)cc(N2C3CCC2CN(C)C3)n1. The number of piperazine rings is 1. The average Bonchev–Trinajstić information content (AvgIpc) is 2.71. The zero-order chi connectivity index (χ0) is 14.1. The summed E-state index contributed by atoms with van der Waals surface area (Å²) in [6, 6.07) is 3.04. The van der Waals surface area contributed by atoms with Crippen molar-refractivity contribution in [3.8, 4) is 5.88 Å². The van der Waals surface area contributed by atoms with Gasteiger partial charge in [-0.3, -0.25) is 0 Å². The molecule has 2 aliphatic rings. The van der Waals surface area contributed by atoms with E-state index in [4.69, 9.17) is 9.47 Å². The predicted molar refractivity (Wildman–Crippen MR) is 76.1 cm³/mol. The average molecular weight is 278 g/mol. The minimum Gasteiger partial charge on any atom is -0.481 e. The Morgan fingerprint density at radius 3 is 2.50 bits per heavy atom. The third-order valence-corrected chi connectivity index (χ3v) is 4.15. The number of aromatic nitrogens is 2. The molecule has 3 heterocycles. The second-order valence-electron chi connectivity index (χ2n) is 5.63. The van der Waals surface area contributed by atoms with Gasteiger partial charge in [-0.05, 0) is 19.9 Å². The van der Waals surface area contributed by atoms with Gasteiger partial charge in [0.25, 0.3) is 0 Å². The molecule has 0 radical (unpaired) electrons. The number of nitrogens with zero attached hydrogens (tertiary/aromatic N) is 4. The fourth-order valence-electron chi connectivity index (χ4n) is 3.38. The minimum atomic E-state index is 0.410. The summed E-state index contributed by atoms with van der Waals surface area (Å²) >= 11 is 0. The quantitative estimate of drug-likeness (QED) is 0.816. The van der Waals surface area contributed by atoms with Crippen LogP contribution >= 0.6 is 0 Å². The highest BCUT2D eigenvalue weighted by Crippen LogP contribution is 2.34. The number of anilines is 1. The molecule has 2 saturated heterocycles. The number of methoxy groups -OCH3 is 2. The van der Waals surface area contributed by atoms with Gasteiger partial charge in [-0.2, -0.15) is 4.98 Å². The van der Waals surface area contributed by atoms with Crippen molar-refractivity contribution in [1.82, 2.24) is 14.9 Å². The van der Waals surface area contributed by atoms with Crippen LogP contribution in [0.4, 0.5) is 5.82 Å².